The number of rotatable bonds is 3. The van der Waals surface area contributed by atoms with Gasteiger partial charge < -0.3 is 9.73 Å². The molecule has 0 spiro atoms. The van der Waals surface area contributed by atoms with Gasteiger partial charge in [0.25, 0.3) is 0 Å². The summed E-state index contributed by atoms with van der Waals surface area (Å²) in [6.45, 7) is 2.33. The van der Waals surface area contributed by atoms with Crippen molar-refractivity contribution >= 4 is 11.1 Å². The minimum absolute atomic E-state index is 0.335. The summed E-state index contributed by atoms with van der Waals surface area (Å²) in [4.78, 5) is 13.9. The molecule has 3 atom stereocenters. The van der Waals surface area contributed by atoms with E-state index in [9.17, 15) is 4.79 Å². The van der Waals surface area contributed by atoms with Crippen LogP contribution in [0, 0.1) is 11.8 Å². The molecule has 1 saturated carbocycles. The molecule has 3 unspecified atom stereocenters. The molecule has 3 rings (SSSR count). The van der Waals surface area contributed by atoms with E-state index < -0.39 is 0 Å². The number of fused-ring (bicyclic) bond motifs is 1. The Hall–Kier alpha value is -1.55. The van der Waals surface area contributed by atoms with E-state index in [1.807, 2.05) is 19.2 Å². The maximum absolute atomic E-state index is 11.2. The monoisotopic (exact) mass is 260 g/mol. The minimum atomic E-state index is -0.387. The fraction of sp³-hybridized carbons (Fsp3) is 0.533. The highest BCUT2D eigenvalue weighted by Crippen LogP contribution is 2.40. The summed E-state index contributed by atoms with van der Waals surface area (Å²) in [6, 6.07) is 6.33. The number of H-pyrrole nitrogens is 1. The summed E-state index contributed by atoms with van der Waals surface area (Å²) in [5, 5.41) is 3.43. The van der Waals surface area contributed by atoms with Crippen molar-refractivity contribution in [2.24, 2.45) is 11.8 Å². The SMILES string of the molecule is CNC(c1ccc2[nH]c(=O)oc2c1)C1CCCC1C. The van der Waals surface area contributed by atoms with Gasteiger partial charge in [0.1, 0.15) is 0 Å². The number of hydrogen-bond donors (Lipinski definition) is 2. The van der Waals surface area contributed by atoms with E-state index >= 15 is 0 Å². The summed E-state index contributed by atoms with van der Waals surface area (Å²) in [6.07, 6.45) is 3.89. The molecule has 2 N–H and O–H groups in total. The van der Waals surface area contributed by atoms with Crippen LogP contribution in [0.1, 0.15) is 37.8 Å². The van der Waals surface area contributed by atoms with Gasteiger partial charge in [0.05, 0.1) is 5.52 Å². The highest BCUT2D eigenvalue weighted by molar-refractivity contribution is 5.72. The molecule has 1 aromatic heterocycles. The number of benzene rings is 1. The maximum atomic E-state index is 11.2. The Morgan fingerprint density at radius 1 is 1.42 bits per heavy atom. The summed E-state index contributed by atoms with van der Waals surface area (Å²) in [7, 11) is 2.01. The van der Waals surface area contributed by atoms with Crippen LogP contribution in [0.5, 0.6) is 0 Å². The van der Waals surface area contributed by atoms with Crippen LogP contribution in [0.15, 0.2) is 27.4 Å². The standard InChI is InChI=1S/C15H20N2O2/c1-9-4-3-5-11(9)14(16-2)10-6-7-12-13(8-10)19-15(18)17-12/h6-9,11,14,16H,3-5H2,1-2H3,(H,17,18). The van der Waals surface area contributed by atoms with Crippen molar-refractivity contribution in [2.45, 2.75) is 32.2 Å². The normalized spacial score (nSPS) is 24.9. The highest BCUT2D eigenvalue weighted by Gasteiger charge is 2.31. The van der Waals surface area contributed by atoms with Gasteiger partial charge in [0.15, 0.2) is 5.58 Å². The molecular formula is C15H20N2O2. The first-order valence-corrected chi connectivity index (χ1v) is 6.99. The Kier molecular flexibility index (Phi) is 3.19. The maximum Gasteiger partial charge on any atom is 0.417 e. The second-order valence-corrected chi connectivity index (χ2v) is 5.61. The topological polar surface area (TPSA) is 58.0 Å². The number of nitrogens with one attached hydrogen (secondary N) is 2. The van der Waals surface area contributed by atoms with E-state index in [2.05, 4.69) is 23.3 Å². The quantitative estimate of drug-likeness (QED) is 0.892. The average Bonchev–Trinajstić information content (AvgIpc) is 2.95. The predicted octanol–water partition coefficient (Wildman–Crippen LogP) is 2.82. The second kappa shape index (κ2) is 4.85. The molecule has 19 heavy (non-hydrogen) atoms. The fourth-order valence-corrected chi connectivity index (χ4v) is 3.45. The van der Waals surface area contributed by atoms with Crippen LogP contribution in [-0.4, -0.2) is 12.0 Å². The molecule has 4 nitrogen and oxygen atoms in total. The van der Waals surface area contributed by atoms with Crippen LogP contribution in [0.4, 0.5) is 0 Å². The first-order chi connectivity index (χ1) is 9.19. The molecule has 1 heterocycles. The number of hydrogen-bond acceptors (Lipinski definition) is 3. The van der Waals surface area contributed by atoms with E-state index in [-0.39, 0.29) is 5.76 Å². The zero-order chi connectivity index (χ0) is 13.4. The van der Waals surface area contributed by atoms with Gasteiger partial charge >= 0.3 is 5.76 Å². The van der Waals surface area contributed by atoms with E-state index in [0.29, 0.717) is 17.5 Å². The average molecular weight is 260 g/mol. The van der Waals surface area contributed by atoms with E-state index in [4.69, 9.17) is 4.42 Å². The van der Waals surface area contributed by atoms with Gasteiger partial charge in [-0.05, 0) is 43.0 Å². The molecule has 0 bridgehead atoms. The van der Waals surface area contributed by atoms with Gasteiger partial charge in [-0.2, -0.15) is 0 Å². The van der Waals surface area contributed by atoms with E-state index in [1.54, 1.807) is 0 Å². The van der Waals surface area contributed by atoms with Gasteiger partial charge in [-0.3, -0.25) is 4.98 Å². The third kappa shape index (κ3) is 2.21. The molecule has 1 aromatic carbocycles. The van der Waals surface area contributed by atoms with Crippen molar-refractivity contribution in [3.05, 3.63) is 34.3 Å². The van der Waals surface area contributed by atoms with Crippen LogP contribution in [-0.2, 0) is 0 Å². The van der Waals surface area contributed by atoms with Crippen LogP contribution < -0.4 is 11.1 Å². The minimum Gasteiger partial charge on any atom is -0.408 e. The van der Waals surface area contributed by atoms with Gasteiger partial charge in [-0.1, -0.05) is 25.8 Å². The van der Waals surface area contributed by atoms with Crippen molar-refractivity contribution < 1.29 is 4.42 Å². The molecule has 4 heteroatoms. The fourth-order valence-electron chi connectivity index (χ4n) is 3.45. The Balaban J connectivity index is 1.98. The first kappa shape index (κ1) is 12.5. The molecule has 0 saturated heterocycles. The van der Waals surface area contributed by atoms with Gasteiger partial charge in [0, 0.05) is 6.04 Å². The zero-order valence-electron chi connectivity index (χ0n) is 11.4. The molecule has 0 aliphatic heterocycles. The molecule has 1 aliphatic carbocycles. The van der Waals surface area contributed by atoms with Gasteiger partial charge in [-0.25, -0.2) is 4.79 Å². The lowest BCUT2D eigenvalue weighted by atomic mass is 9.86. The summed E-state index contributed by atoms with van der Waals surface area (Å²) >= 11 is 0. The lowest BCUT2D eigenvalue weighted by molar-refractivity contribution is 0.315. The number of aromatic amines is 1. The molecule has 1 fully saturated rings. The smallest absolute Gasteiger partial charge is 0.408 e. The summed E-state index contributed by atoms with van der Waals surface area (Å²) in [5.74, 6) is 1.02. The Morgan fingerprint density at radius 2 is 2.26 bits per heavy atom. The van der Waals surface area contributed by atoms with Crippen molar-refractivity contribution in [3.8, 4) is 0 Å². The van der Waals surface area contributed by atoms with Crippen LogP contribution in [0.25, 0.3) is 11.1 Å². The highest BCUT2D eigenvalue weighted by atomic mass is 16.4. The lowest BCUT2D eigenvalue weighted by Gasteiger charge is -2.27. The van der Waals surface area contributed by atoms with Crippen LogP contribution in [0.3, 0.4) is 0 Å². The predicted molar refractivity (Wildman–Crippen MR) is 75.1 cm³/mol. The van der Waals surface area contributed by atoms with Crippen molar-refractivity contribution in [2.75, 3.05) is 7.05 Å². The molecule has 2 aromatic rings. The van der Waals surface area contributed by atoms with Crippen LogP contribution >= 0.6 is 0 Å². The Morgan fingerprint density at radius 3 is 2.95 bits per heavy atom. The first-order valence-electron chi connectivity index (χ1n) is 6.99. The van der Waals surface area contributed by atoms with Gasteiger partial charge in [0.2, 0.25) is 0 Å². The molecular weight excluding hydrogens is 240 g/mol. The Labute approximate surface area is 112 Å². The third-order valence-electron chi connectivity index (χ3n) is 4.47. The molecule has 1 aliphatic rings. The second-order valence-electron chi connectivity index (χ2n) is 5.61. The zero-order valence-corrected chi connectivity index (χ0v) is 11.4. The third-order valence-corrected chi connectivity index (χ3v) is 4.47. The number of oxazole rings is 1. The lowest BCUT2D eigenvalue weighted by Crippen LogP contribution is -2.26. The molecule has 0 radical (unpaired) electrons. The summed E-state index contributed by atoms with van der Waals surface area (Å²) in [5.41, 5.74) is 2.62. The van der Waals surface area contributed by atoms with Gasteiger partial charge in [-0.15, -0.1) is 0 Å². The molecule has 0 amide bonds. The summed E-state index contributed by atoms with van der Waals surface area (Å²) < 4.78 is 5.15. The Bertz CT molecular complexity index is 628. The van der Waals surface area contributed by atoms with Crippen molar-refractivity contribution in [1.82, 2.24) is 10.3 Å². The molecule has 102 valence electrons. The van der Waals surface area contributed by atoms with Crippen molar-refractivity contribution in [3.63, 3.8) is 0 Å². The largest absolute Gasteiger partial charge is 0.417 e. The number of aromatic nitrogens is 1. The van der Waals surface area contributed by atoms with Crippen LogP contribution in [0.2, 0.25) is 0 Å². The van der Waals surface area contributed by atoms with Crippen molar-refractivity contribution in [1.29, 1.82) is 0 Å². The van der Waals surface area contributed by atoms with E-state index in [1.165, 1.54) is 24.8 Å². The van der Waals surface area contributed by atoms with E-state index in [0.717, 1.165) is 11.4 Å².